The third kappa shape index (κ3) is 3.67. The monoisotopic (exact) mass is 397 g/mol. The van der Waals surface area contributed by atoms with E-state index in [0.717, 1.165) is 45.6 Å². The van der Waals surface area contributed by atoms with Gasteiger partial charge < -0.3 is 9.47 Å². The Bertz CT molecular complexity index is 818. The number of carbonyl (C=O) groups excluding carboxylic acids is 1. The van der Waals surface area contributed by atoms with E-state index >= 15 is 0 Å². The molecule has 5 nitrogen and oxygen atoms in total. The van der Waals surface area contributed by atoms with E-state index in [0.29, 0.717) is 23.8 Å². The highest BCUT2D eigenvalue weighted by Crippen LogP contribution is 2.42. The van der Waals surface area contributed by atoms with Gasteiger partial charge in [-0.05, 0) is 49.5 Å². The maximum absolute atomic E-state index is 12.7. The first-order valence-electron chi connectivity index (χ1n) is 11.8. The van der Waals surface area contributed by atoms with Crippen molar-refractivity contribution >= 4 is 5.91 Å². The molecule has 2 bridgehead atoms. The molecule has 2 atom stereocenters. The Labute approximate surface area is 174 Å². The number of piperidine rings is 2. The van der Waals surface area contributed by atoms with E-state index in [1.807, 2.05) is 11.0 Å². The summed E-state index contributed by atoms with van der Waals surface area (Å²) in [6.07, 6.45) is 10.0. The number of amides is 1. The molecule has 1 amide bonds. The summed E-state index contributed by atoms with van der Waals surface area (Å²) >= 11 is 0. The molecule has 4 heterocycles. The van der Waals surface area contributed by atoms with Gasteiger partial charge in [-0.1, -0.05) is 25.3 Å². The minimum absolute atomic E-state index is 0.206. The second-order valence-corrected chi connectivity index (χ2v) is 9.95. The number of fused-ring (bicyclic) bond motifs is 4. The fraction of sp³-hybridized carbons (Fsp3) is 0.750. The highest BCUT2D eigenvalue weighted by Gasteiger charge is 2.39. The number of pyridine rings is 1. The molecule has 0 N–H and O–H groups in total. The zero-order chi connectivity index (χ0) is 20.0. The van der Waals surface area contributed by atoms with Gasteiger partial charge in [-0.2, -0.15) is 0 Å². The van der Waals surface area contributed by atoms with E-state index < -0.39 is 0 Å². The highest BCUT2D eigenvalue weighted by molar-refractivity contribution is 5.73. The Morgan fingerprint density at radius 1 is 0.931 bits per heavy atom. The van der Waals surface area contributed by atoms with Gasteiger partial charge in [0.1, 0.15) is 0 Å². The molecule has 3 aliphatic heterocycles. The van der Waals surface area contributed by atoms with Gasteiger partial charge in [0.15, 0.2) is 0 Å². The van der Waals surface area contributed by atoms with E-state index in [4.69, 9.17) is 0 Å². The molecule has 0 spiro atoms. The average Bonchev–Trinajstić information content (AvgIpc) is 2.75. The van der Waals surface area contributed by atoms with Crippen LogP contribution in [0.25, 0.3) is 0 Å². The lowest BCUT2D eigenvalue weighted by Gasteiger charge is -2.48. The summed E-state index contributed by atoms with van der Waals surface area (Å²) < 4.78 is 2.15. The first kappa shape index (κ1) is 19.3. The summed E-state index contributed by atoms with van der Waals surface area (Å²) in [6, 6.07) is 4.61. The number of nitrogens with zero attached hydrogens (tertiary/aromatic N) is 3. The van der Waals surface area contributed by atoms with Gasteiger partial charge >= 0.3 is 0 Å². The van der Waals surface area contributed by atoms with E-state index in [1.165, 1.54) is 49.8 Å². The summed E-state index contributed by atoms with van der Waals surface area (Å²) in [6.45, 7) is 6.58. The molecule has 2 saturated heterocycles. The predicted molar refractivity (Wildman–Crippen MR) is 114 cm³/mol. The molecule has 1 aromatic heterocycles. The molecule has 0 aromatic carbocycles. The third-order valence-electron chi connectivity index (χ3n) is 8.12. The van der Waals surface area contributed by atoms with Crippen LogP contribution >= 0.6 is 0 Å². The lowest BCUT2D eigenvalue weighted by Crippen LogP contribution is -2.53. The molecule has 1 aliphatic carbocycles. The Morgan fingerprint density at radius 3 is 2.41 bits per heavy atom. The van der Waals surface area contributed by atoms with Crippen LogP contribution in [-0.4, -0.2) is 52.5 Å². The van der Waals surface area contributed by atoms with Crippen LogP contribution in [0.1, 0.15) is 81.4 Å². The predicted octanol–water partition coefficient (Wildman–Crippen LogP) is 3.33. The number of aromatic nitrogens is 1. The van der Waals surface area contributed by atoms with Gasteiger partial charge in [0, 0.05) is 63.4 Å². The normalized spacial score (nSPS) is 28.9. The van der Waals surface area contributed by atoms with E-state index in [9.17, 15) is 9.59 Å². The van der Waals surface area contributed by atoms with E-state index in [1.54, 1.807) is 6.92 Å². The Kier molecular flexibility index (Phi) is 5.27. The van der Waals surface area contributed by atoms with Crippen LogP contribution in [0.5, 0.6) is 0 Å². The number of carbonyl (C=O) groups is 1. The molecular formula is C24H35N3O2. The van der Waals surface area contributed by atoms with Gasteiger partial charge in [0.2, 0.25) is 5.91 Å². The number of likely N-dealkylation sites (tertiary alicyclic amines) is 2. The number of rotatable bonds is 2. The quantitative estimate of drug-likeness (QED) is 0.769. The van der Waals surface area contributed by atoms with Crippen LogP contribution in [0, 0.1) is 5.92 Å². The minimum atomic E-state index is 0.206. The summed E-state index contributed by atoms with van der Waals surface area (Å²) in [4.78, 5) is 29.1. The smallest absolute Gasteiger partial charge is 0.250 e. The van der Waals surface area contributed by atoms with Crippen LogP contribution in [0.3, 0.4) is 0 Å². The van der Waals surface area contributed by atoms with Crippen LogP contribution in [0.15, 0.2) is 16.9 Å². The summed E-state index contributed by atoms with van der Waals surface area (Å²) in [7, 11) is 0. The highest BCUT2D eigenvalue weighted by atomic mass is 16.2. The Morgan fingerprint density at radius 2 is 1.69 bits per heavy atom. The van der Waals surface area contributed by atoms with Crippen LogP contribution in [-0.2, 0) is 11.3 Å². The molecule has 0 unspecified atom stereocenters. The molecule has 1 aromatic rings. The molecule has 3 fully saturated rings. The number of hydrogen-bond acceptors (Lipinski definition) is 3. The summed E-state index contributed by atoms with van der Waals surface area (Å²) in [5, 5.41) is 0. The molecule has 0 radical (unpaired) electrons. The van der Waals surface area contributed by atoms with E-state index in [2.05, 4.69) is 15.5 Å². The zero-order valence-corrected chi connectivity index (χ0v) is 17.8. The lowest BCUT2D eigenvalue weighted by atomic mass is 9.76. The Hall–Kier alpha value is -1.62. The maximum Gasteiger partial charge on any atom is 0.250 e. The topological polar surface area (TPSA) is 45.6 Å². The van der Waals surface area contributed by atoms with E-state index in [-0.39, 0.29) is 11.5 Å². The Balaban J connectivity index is 1.39. The van der Waals surface area contributed by atoms with Crippen molar-refractivity contribution in [2.75, 3.05) is 26.2 Å². The van der Waals surface area contributed by atoms with Gasteiger partial charge in [-0.3, -0.25) is 14.5 Å². The first-order chi connectivity index (χ1) is 14.1. The standard InChI is InChI=1S/C24H35N3O2/c1-17(28)25-11-9-21(10-12-25)26-14-18-13-20(16-26)24-22(19-5-3-2-4-6-19)7-8-23(29)27(24)15-18/h7-8,18-21H,2-6,9-16H2,1H3/t18-,20+/m0/s1. The molecule has 1 saturated carbocycles. The van der Waals surface area contributed by atoms with Crippen molar-refractivity contribution in [3.05, 3.63) is 33.7 Å². The van der Waals surface area contributed by atoms with Crippen molar-refractivity contribution in [3.63, 3.8) is 0 Å². The first-order valence-corrected chi connectivity index (χ1v) is 11.8. The van der Waals surface area contributed by atoms with Crippen molar-refractivity contribution < 1.29 is 4.79 Å². The largest absolute Gasteiger partial charge is 0.343 e. The van der Waals surface area contributed by atoms with Crippen molar-refractivity contribution in [1.82, 2.24) is 14.4 Å². The fourth-order valence-corrected chi connectivity index (χ4v) is 6.69. The van der Waals surface area contributed by atoms with Gasteiger partial charge in [0.05, 0.1) is 0 Å². The van der Waals surface area contributed by atoms with Gasteiger partial charge in [0.25, 0.3) is 5.56 Å². The molecule has 4 aliphatic rings. The summed E-state index contributed by atoms with van der Waals surface area (Å²) in [5.41, 5.74) is 3.07. The maximum atomic E-state index is 12.7. The van der Waals surface area contributed by atoms with Crippen LogP contribution in [0.4, 0.5) is 0 Å². The SMILES string of the molecule is CC(=O)N1CCC(N2C[C@@H]3C[C@H](C2)c2c(C4CCCCC4)ccc(=O)n2C3)CC1. The molecule has 29 heavy (non-hydrogen) atoms. The van der Waals surface area contributed by atoms with Crippen molar-refractivity contribution in [3.8, 4) is 0 Å². The van der Waals surface area contributed by atoms with Crippen LogP contribution in [0.2, 0.25) is 0 Å². The molecule has 5 rings (SSSR count). The summed E-state index contributed by atoms with van der Waals surface area (Å²) in [5.74, 6) is 1.95. The van der Waals surface area contributed by atoms with Crippen molar-refractivity contribution in [1.29, 1.82) is 0 Å². The zero-order valence-electron chi connectivity index (χ0n) is 17.8. The molecule has 5 heteroatoms. The molecule has 158 valence electrons. The minimum Gasteiger partial charge on any atom is -0.343 e. The lowest BCUT2D eigenvalue weighted by molar-refractivity contribution is -0.130. The van der Waals surface area contributed by atoms with Crippen LogP contribution < -0.4 is 5.56 Å². The fourth-order valence-electron chi connectivity index (χ4n) is 6.69. The van der Waals surface area contributed by atoms with Gasteiger partial charge in [-0.25, -0.2) is 0 Å². The van der Waals surface area contributed by atoms with Crippen molar-refractivity contribution in [2.24, 2.45) is 5.92 Å². The van der Waals surface area contributed by atoms with Gasteiger partial charge in [-0.15, -0.1) is 0 Å². The number of hydrogen-bond donors (Lipinski definition) is 0. The average molecular weight is 398 g/mol. The second-order valence-electron chi connectivity index (χ2n) is 9.95. The second kappa shape index (κ2) is 7.90. The third-order valence-corrected chi connectivity index (χ3v) is 8.12. The van der Waals surface area contributed by atoms with Crippen molar-refractivity contribution in [2.45, 2.75) is 82.7 Å². The molecular weight excluding hydrogens is 362 g/mol.